The molecule has 4 nitrogen and oxygen atoms in total. The molecule has 1 aromatic heterocycles. The number of rotatable bonds is 5. The maximum Gasteiger partial charge on any atom is 0.0645 e. The Morgan fingerprint density at radius 1 is 1.35 bits per heavy atom. The standard InChI is InChI=1S/C16H25N3O/c1-16(2)12-20-9-8-19(16)11-15-5-3-4-14(18-15)10-17-13-6-7-13/h3-5,13,17H,6-12H2,1-2H3. The summed E-state index contributed by atoms with van der Waals surface area (Å²) in [6.07, 6.45) is 2.64. The molecule has 1 aliphatic heterocycles. The first-order chi connectivity index (χ1) is 9.63. The van der Waals surface area contributed by atoms with Gasteiger partial charge in [-0.1, -0.05) is 6.07 Å². The van der Waals surface area contributed by atoms with Crippen LogP contribution in [-0.2, 0) is 17.8 Å². The van der Waals surface area contributed by atoms with Crippen LogP contribution in [0, 0.1) is 0 Å². The highest BCUT2D eigenvalue weighted by atomic mass is 16.5. The van der Waals surface area contributed by atoms with Crippen molar-refractivity contribution in [1.29, 1.82) is 0 Å². The van der Waals surface area contributed by atoms with Crippen LogP contribution in [0.4, 0.5) is 0 Å². The molecule has 1 N–H and O–H groups in total. The predicted octanol–water partition coefficient (Wildman–Crippen LogP) is 1.94. The van der Waals surface area contributed by atoms with Gasteiger partial charge < -0.3 is 10.1 Å². The van der Waals surface area contributed by atoms with E-state index < -0.39 is 0 Å². The Morgan fingerprint density at radius 2 is 2.15 bits per heavy atom. The van der Waals surface area contributed by atoms with Gasteiger partial charge in [0.1, 0.15) is 0 Å². The molecule has 0 spiro atoms. The van der Waals surface area contributed by atoms with E-state index >= 15 is 0 Å². The lowest BCUT2D eigenvalue weighted by Gasteiger charge is -2.41. The van der Waals surface area contributed by atoms with Gasteiger partial charge in [-0.25, -0.2) is 0 Å². The topological polar surface area (TPSA) is 37.4 Å². The Bertz CT molecular complexity index is 457. The molecule has 1 saturated heterocycles. The van der Waals surface area contributed by atoms with Gasteiger partial charge in [0, 0.05) is 31.2 Å². The van der Waals surface area contributed by atoms with Gasteiger partial charge >= 0.3 is 0 Å². The summed E-state index contributed by atoms with van der Waals surface area (Å²) in [5.74, 6) is 0. The minimum Gasteiger partial charge on any atom is -0.378 e. The minimum absolute atomic E-state index is 0.0994. The van der Waals surface area contributed by atoms with E-state index in [1.54, 1.807) is 0 Å². The van der Waals surface area contributed by atoms with E-state index in [1.807, 2.05) is 0 Å². The summed E-state index contributed by atoms with van der Waals surface area (Å²) < 4.78 is 5.58. The zero-order chi connectivity index (χ0) is 14.0. The van der Waals surface area contributed by atoms with Gasteiger partial charge in [0.15, 0.2) is 0 Å². The molecule has 2 heterocycles. The second-order valence-corrected chi connectivity index (χ2v) is 6.56. The highest BCUT2D eigenvalue weighted by Crippen LogP contribution is 2.21. The third kappa shape index (κ3) is 3.57. The van der Waals surface area contributed by atoms with Crippen molar-refractivity contribution in [3.63, 3.8) is 0 Å². The van der Waals surface area contributed by atoms with Crippen molar-refractivity contribution in [3.8, 4) is 0 Å². The van der Waals surface area contributed by atoms with Gasteiger partial charge in [-0.05, 0) is 38.8 Å². The smallest absolute Gasteiger partial charge is 0.0645 e. The first-order valence-corrected chi connectivity index (χ1v) is 7.64. The minimum atomic E-state index is 0.0994. The van der Waals surface area contributed by atoms with E-state index in [4.69, 9.17) is 9.72 Å². The van der Waals surface area contributed by atoms with Gasteiger partial charge in [0.25, 0.3) is 0 Å². The summed E-state index contributed by atoms with van der Waals surface area (Å²) in [4.78, 5) is 7.26. The molecule has 110 valence electrons. The summed E-state index contributed by atoms with van der Waals surface area (Å²) in [7, 11) is 0. The molecule has 0 aromatic carbocycles. The molecular formula is C16H25N3O. The number of hydrogen-bond donors (Lipinski definition) is 1. The lowest BCUT2D eigenvalue weighted by Crippen LogP contribution is -2.52. The van der Waals surface area contributed by atoms with Crippen molar-refractivity contribution in [2.24, 2.45) is 0 Å². The highest BCUT2D eigenvalue weighted by molar-refractivity contribution is 5.12. The molecule has 2 fully saturated rings. The second kappa shape index (κ2) is 5.80. The lowest BCUT2D eigenvalue weighted by molar-refractivity contribution is -0.0558. The monoisotopic (exact) mass is 275 g/mol. The summed E-state index contributed by atoms with van der Waals surface area (Å²) in [5.41, 5.74) is 2.41. The van der Waals surface area contributed by atoms with E-state index in [1.165, 1.54) is 12.8 Å². The number of aromatic nitrogens is 1. The fraction of sp³-hybridized carbons (Fsp3) is 0.688. The Balaban J connectivity index is 1.62. The molecular weight excluding hydrogens is 250 g/mol. The fourth-order valence-corrected chi connectivity index (χ4v) is 2.63. The zero-order valence-electron chi connectivity index (χ0n) is 12.6. The average Bonchev–Trinajstić information content (AvgIpc) is 3.24. The summed E-state index contributed by atoms with van der Waals surface area (Å²) in [6, 6.07) is 7.11. The SMILES string of the molecule is CC1(C)COCCN1Cc1cccc(CNC2CC2)n1. The molecule has 1 aliphatic carbocycles. The lowest BCUT2D eigenvalue weighted by atomic mass is 10.0. The van der Waals surface area contributed by atoms with E-state index in [0.29, 0.717) is 0 Å². The number of nitrogens with one attached hydrogen (secondary N) is 1. The van der Waals surface area contributed by atoms with Crippen molar-refractivity contribution in [2.75, 3.05) is 19.8 Å². The molecule has 0 amide bonds. The Morgan fingerprint density at radius 3 is 2.90 bits per heavy atom. The van der Waals surface area contributed by atoms with E-state index in [-0.39, 0.29) is 5.54 Å². The zero-order valence-corrected chi connectivity index (χ0v) is 12.6. The summed E-state index contributed by atoms with van der Waals surface area (Å²) >= 11 is 0. The molecule has 4 heteroatoms. The first kappa shape index (κ1) is 14.0. The van der Waals surface area contributed by atoms with Gasteiger partial charge in [0.05, 0.1) is 24.6 Å². The van der Waals surface area contributed by atoms with Crippen LogP contribution in [0.15, 0.2) is 18.2 Å². The molecule has 0 atom stereocenters. The third-order valence-corrected chi connectivity index (χ3v) is 4.18. The Kier molecular flexibility index (Phi) is 4.06. The molecule has 20 heavy (non-hydrogen) atoms. The summed E-state index contributed by atoms with van der Waals surface area (Å²) in [5, 5.41) is 3.52. The normalized spacial score (nSPS) is 22.9. The molecule has 1 aromatic rings. The fourth-order valence-electron chi connectivity index (χ4n) is 2.63. The molecule has 0 bridgehead atoms. The number of ether oxygens (including phenoxy) is 1. The van der Waals surface area contributed by atoms with Crippen LogP contribution in [0.1, 0.15) is 38.1 Å². The van der Waals surface area contributed by atoms with Gasteiger partial charge in [-0.2, -0.15) is 0 Å². The summed E-state index contributed by atoms with van der Waals surface area (Å²) in [6.45, 7) is 8.90. The predicted molar refractivity (Wildman–Crippen MR) is 79.4 cm³/mol. The van der Waals surface area contributed by atoms with Crippen LogP contribution >= 0.6 is 0 Å². The number of pyridine rings is 1. The van der Waals surface area contributed by atoms with E-state index in [9.17, 15) is 0 Å². The molecule has 2 aliphatic rings. The number of hydrogen-bond acceptors (Lipinski definition) is 4. The van der Waals surface area contributed by atoms with Crippen molar-refractivity contribution >= 4 is 0 Å². The maximum atomic E-state index is 5.58. The van der Waals surface area contributed by atoms with Crippen molar-refractivity contribution in [3.05, 3.63) is 29.6 Å². The van der Waals surface area contributed by atoms with Crippen molar-refractivity contribution in [1.82, 2.24) is 15.2 Å². The quantitative estimate of drug-likeness (QED) is 0.891. The number of nitrogens with zero attached hydrogens (tertiary/aromatic N) is 2. The first-order valence-electron chi connectivity index (χ1n) is 7.64. The van der Waals surface area contributed by atoms with Crippen LogP contribution in [0.25, 0.3) is 0 Å². The van der Waals surface area contributed by atoms with Crippen LogP contribution < -0.4 is 5.32 Å². The van der Waals surface area contributed by atoms with Gasteiger partial charge in [-0.15, -0.1) is 0 Å². The third-order valence-electron chi connectivity index (χ3n) is 4.18. The molecule has 0 unspecified atom stereocenters. The van der Waals surface area contributed by atoms with Gasteiger partial charge in [0.2, 0.25) is 0 Å². The van der Waals surface area contributed by atoms with Crippen LogP contribution in [0.5, 0.6) is 0 Å². The second-order valence-electron chi connectivity index (χ2n) is 6.56. The van der Waals surface area contributed by atoms with Crippen molar-refractivity contribution < 1.29 is 4.74 Å². The Labute approximate surface area is 121 Å². The largest absolute Gasteiger partial charge is 0.378 e. The van der Waals surface area contributed by atoms with Crippen LogP contribution in [0.3, 0.4) is 0 Å². The van der Waals surface area contributed by atoms with Crippen molar-refractivity contribution in [2.45, 2.75) is 51.4 Å². The van der Waals surface area contributed by atoms with Crippen LogP contribution in [-0.4, -0.2) is 41.2 Å². The average molecular weight is 275 g/mol. The van der Waals surface area contributed by atoms with E-state index in [0.717, 1.165) is 50.3 Å². The maximum absolute atomic E-state index is 5.58. The Hall–Kier alpha value is -0.970. The molecule has 3 rings (SSSR count). The highest BCUT2D eigenvalue weighted by Gasteiger charge is 2.30. The van der Waals surface area contributed by atoms with Gasteiger partial charge in [-0.3, -0.25) is 9.88 Å². The number of morpholine rings is 1. The van der Waals surface area contributed by atoms with E-state index in [2.05, 4.69) is 42.3 Å². The van der Waals surface area contributed by atoms with Crippen LogP contribution in [0.2, 0.25) is 0 Å². The molecule has 0 radical (unpaired) electrons. The molecule has 1 saturated carbocycles.